The quantitative estimate of drug-likeness (QED) is 0.782. The van der Waals surface area contributed by atoms with E-state index in [2.05, 4.69) is 12.2 Å². The van der Waals surface area contributed by atoms with E-state index >= 15 is 0 Å². The largest absolute Gasteiger partial charge is 0.312 e. The van der Waals surface area contributed by atoms with Crippen molar-refractivity contribution in [1.29, 1.82) is 0 Å². The molecule has 0 amide bonds. The fraction of sp³-hybridized carbons (Fsp3) is 0.538. The van der Waals surface area contributed by atoms with Gasteiger partial charge in [-0.05, 0) is 42.4 Å². The number of hydrogen-bond donors (Lipinski definition) is 1. The second kappa shape index (κ2) is 4.31. The summed E-state index contributed by atoms with van der Waals surface area (Å²) in [6, 6.07) is 6.80. The summed E-state index contributed by atoms with van der Waals surface area (Å²) < 4.78 is 12.9. The highest BCUT2D eigenvalue weighted by Gasteiger charge is 2.39. The fourth-order valence-corrected chi connectivity index (χ4v) is 1.95. The molecule has 1 saturated carbocycles. The van der Waals surface area contributed by atoms with E-state index in [0.717, 1.165) is 18.7 Å². The Morgan fingerprint density at radius 2 is 2.20 bits per heavy atom. The highest BCUT2D eigenvalue weighted by atomic mass is 19.1. The predicted molar refractivity (Wildman–Crippen MR) is 60.1 cm³/mol. The third kappa shape index (κ3) is 2.78. The van der Waals surface area contributed by atoms with Gasteiger partial charge in [-0.3, -0.25) is 0 Å². The maximum absolute atomic E-state index is 12.9. The molecule has 1 aromatic rings. The van der Waals surface area contributed by atoms with Crippen molar-refractivity contribution in [2.75, 3.05) is 6.54 Å². The predicted octanol–water partition coefficient (Wildman–Crippen LogP) is 3.11. The minimum absolute atomic E-state index is 0.147. The highest BCUT2D eigenvalue weighted by Crippen LogP contribution is 2.47. The van der Waals surface area contributed by atoms with E-state index in [0.29, 0.717) is 5.41 Å². The summed E-state index contributed by atoms with van der Waals surface area (Å²) in [5, 5.41) is 3.42. The smallest absolute Gasteiger partial charge is 0.123 e. The van der Waals surface area contributed by atoms with Crippen LogP contribution >= 0.6 is 0 Å². The summed E-state index contributed by atoms with van der Waals surface area (Å²) in [7, 11) is 0. The monoisotopic (exact) mass is 207 g/mol. The van der Waals surface area contributed by atoms with Gasteiger partial charge in [0.25, 0.3) is 0 Å². The van der Waals surface area contributed by atoms with Crippen LogP contribution in [0.15, 0.2) is 24.3 Å². The zero-order chi connectivity index (χ0) is 10.7. The first-order valence-electron chi connectivity index (χ1n) is 5.69. The fourth-order valence-electron chi connectivity index (χ4n) is 1.95. The maximum Gasteiger partial charge on any atom is 0.123 e. The molecule has 2 rings (SSSR count). The maximum atomic E-state index is 12.9. The molecule has 82 valence electrons. The van der Waals surface area contributed by atoms with Crippen molar-refractivity contribution in [2.24, 2.45) is 5.41 Å². The number of benzene rings is 1. The van der Waals surface area contributed by atoms with Crippen LogP contribution in [-0.4, -0.2) is 6.54 Å². The molecule has 0 bridgehead atoms. The van der Waals surface area contributed by atoms with Crippen LogP contribution < -0.4 is 5.32 Å². The van der Waals surface area contributed by atoms with Gasteiger partial charge >= 0.3 is 0 Å². The zero-order valence-electron chi connectivity index (χ0n) is 9.22. The highest BCUT2D eigenvalue weighted by molar-refractivity contribution is 5.16. The van der Waals surface area contributed by atoms with Gasteiger partial charge in [0.2, 0.25) is 0 Å². The molecule has 0 spiro atoms. The lowest BCUT2D eigenvalue weighted by atomic mass is 10.0. The average molecular weight is 207 g/mol. The van der Waals surface area contributed by atoms with E-state index in [-0.39, 0.29) is 5.82 Å². The molecule has 0 radical (unpaired) electrons. The van der Waals surface area contributed by atoms with E-state index in [1.54, 1.807) is 12.1 Å². The summed E-state index contributed by atoms with van der Waals surface area (Å²) in [6.07, 6.45) is 3.95. The summed E-state index contributed by atoms with van der Waals surface area (Å²) >= 11 is 0. The van der Waals surface area contributed by atoms with Gasteiger partial charge in [-0.25, -0.2) is 4.39 Å². The molecule has 1 aromatic carbocycles. The molecule has 1 nitrogen and oxygen atoms in total. The molecule has 1 N–H and O–H groups in total. The third-order valence-electron chi connectivity index (χ3n) is 3.43. The molecule has 0 atom stereocenters. The molecule has 0 aliphatic heterocycles. The molecule has 1 aliphatic carbocycles. The second-order valence-electron chi connectivity index (χ2n) is 4.59. The molecule has 0 aromatic heterocycles. The van der Waals surface area contributed by atoms with Crippen molar-refractivity contribution in [3.8, 4) is 0 Å². The van der Waals surface area contributed by atoms with Crippen LogP contribution in [-0.2, 0) is 6.54 Å². The molecular formula is C13H18FN. The van der Waals surface area contributed by atoms with Gasteiger partial charge in [0.15, 0.2) is 0 Å². The summed E-state index contributed by atoms with van der Waals surface area (Å²) in [6.45, 7) is 4.09. The topological polar surface area (TPSA) is 12.0 Å². The van der Waals surface area contributed by atoms with Crippen LogP contribution in [0.3, 0.4) is 0 Å². The molecule has 0 unspecified atom stereocenters. The summed E-state index contributed by atoms with van der Waals surface area (Å²) in [4.78, 5) is 0. The molecular weight excluding hydrogens is 189 g/mol. The first kappa shape index (κ1) is 10.6. The van der Waals surface area contributed by atoms with Crippen LogP contribution in [0.5, 0.6) is 0 Å². The number of nitrogens with one attached hydrogen (secondary N) is 1. The van der Waals surface area contributed by atoms with Crippen molar-refractivity contribution in [3.63, 3.8) is 0 Å². The van der Waals surface area contributed by atoms with Gasteiger partial charge < -0.3 is 5.32 Å². The Morgan fingerprint density at radius 1 is 1.40 bits per heavy atom. The van der Waals surface area contributed by atoms with Gasteiger partial charge in [0.05, 0.1) is 0 Å². The van der Waals surface area contributed by atoms with Crippen molar-refractivity contribution in [2.45, 2.75) is 32.7 Å². The first-order valence-corrected chi connectivity index (χ1v) is 5.69. The second-order valence-corrected chi connectivity index (χ2v) is 4.59. The normalized spacial score (nSPS) is 17.7. The van der Waals surface area contributed by atoms with E-state index in [1.807, 2.05) is 6.07 Å². The Balaban J connectivity index is 1.78. The molecule has 1 aliphatic rings. The Bertz CT molecular complexity index is 331. The van der Waals surface area contributed by atoms with Gasteiger partial charge in [0, 0.05) is 13.1 Å². The molecule has 0 heterocycles. The standard InChI is InChI=1S/C13H18FN/c1-2-13(6-7-13)10-15-9-11-4-3-5-12(14)8-11/h3-5,8,15H,2,6-7,9-10H2,1H3. The number of rotatable bonds is 5. The molecule has 15 heavy (non-hydrogen) atoms. The lowest BCUT2D eigenvalue weighted by Crippen LogP contribution is -2.23. The summed E-state index contributed by atoms with van der Waals surface area (Å²) in [5.74, 6) is -0.147. The van der Waals surface area contributed by atoms with Gasteiger partial charge in [-0.15, -0.1) is 0 Å². The van der Waals surface area contributed by atoms with Crippen molar-refractivity contribution < 1.29 is 4.39 Å². The minimum Gasteiger partial charge on any atom is -0.312 e. The zero-order valence-corrected chi connectivity index (χ0v) is 9.22. The Labute approximate surface area is 90.7 Å². The summed E-state index contributed by atoms with van der Waals surface area (Å²) in [5.41, 5.74) is 1.59. The van der Waals surface area contributed by atoms with Crippen molar-refractivity contribution in [3.05, 3.63) is 35.6 Å². The van der Waals surface area contributed by atoms with E-state index in [1.165, 1.54) is 25.3 Å². The average Bonchev–Trinajstić information content (AvgIpc) is 2.99. The Morgan fingerprint density at radius 3 is 2.80 bits per heavy atom. The lowest BCUT2D eigenvalue weighted by molar-refractivity contribution is 0.443. The van der Waals surface area contributed by atoms with Crippen LogP contribution in [0.4, 0.5) is 4.39 Å². The van der Waals surface area contributed by atoms with Crippen molar-refractivity contribution >= 4 is 0 Å². The molecule has 1 fully saturated rings. The van der Waals surface area contributed by atoms with Gasteiger partial charge in [-0.2, -0.15) is 0 Å². The molecule has 0 saturated heterocycles. The van der Waals surface area contributed by atoms with Crippen LogP contribution in [0.2, 0.25) is 0 Å². The van der Waals surface area contributed by atoms with Crippen LogP contribution in [0, 0.1) is 11.2 Å². The van der Waals surface area contributed by atoms with Crippen LogP contribution in [0.25, 0.3) is 0 Å². The number of halogens is 1. The van der Waals surface area contributed by atoms with Gasteiger partial charge in [-0.1, -0.05) is 19.1 Å². The van der Waals surface area contributed by atoms with E-state index < -0.39 is 0 Å². The lowest BCUT2D eigenvalue weighted by Gasteiger charge is -2.13. The third-order valence-corrected chi connectivity index (χ3v) is 3.43. The first-order chi connectivity index (χ1) is 7.24. The molecule has 2 heteroatoms. The Hall–Kier alpha value is -0.890. The SMILES string of the molecule is CCC1(CNCc2cccc(F)c2)CC1. The number of hydrogen-bond acceptors (Lipinski definition) is 1. The van der Waals surface area contributed by atoms with E-state index in [4.69, 9.17) is 0 Å². The van der Waals surface area contributed by atoms with E-state index in [9.17, 15) is 4.39 Å². The van der Waals surface area contributed by atoms with Crippen LogP contribution in [0.1, 0.15) is 31.7 Å². The van der Waals surface area contributed by atoms with Crippen molar-refractivity contribution in [1.82, 2.24) is 5.32 Å². The van der Waals surface area contributed by atoms with Gasteiger partial charge in [0.1, 0.15) is 5.82 Å². The minimum atomic E-state index is -0.147. The Kier molecular flexibility index (Phi) is 3.06.